The Balaban J connectivity index is 1.80. The van der Waals surface area contributed by atoms with E-state index in [1.165, 1.54) is 6.07 Å². The molecule has 1 aromatic rings. The summed E-state index contributed by atoms with van der Waals surface area (Å²) in [6.07, 6.45) is -13.9. The van der Waals surface area contributed by atoms with Crippen molar-refractivity contribution in [3.05, 3.63) is 22.7 Å². The number of aliphatic hydroxyl groups excluding tert-OH is 6. The third-order valence-corrected chi connectivity index (χ3v) is 8.40. The second-order valence-corrected chi connectivity index (χ2v) is 12.1. The summed E-state index contributed by atoms with van der Waals surface area (Å²) in [7, 11) is -5.79. The van der Waals surface area contributed by atoms with Crippen LogP contribution in [0, 0.1) is 5.92 Å². The number of phosphoric ester groups is 1. The van der Waals surface area contributed by atoms with Crippen LogP contribution in [0.5, 0.6) is 0 Å². The van der Waals surface area contributed by atoms with Gasteiger partial charge in [0.15, 0.2) is 6.23 Å². The average molecular weight is 670 g/mol. The number of aliphatic hydroxyl groups is 6. The van der Waals surface area contributed by atoms with Crippen LogP contribution < -0.4 is 21.6 Å². The molecule has 256 valence electrons. The Labute approximate surface area is 255 Å². The fourth-order valence-corrected chi connectivity index (χ4v) is 5.88. The number of nitrogens with two attached hydrogens (primary N) is 1. The van der Waals surface area contributed by atoms with Gasteiger partial charge in [-0.05, 0) is 12.5 Å². The summed E-state index contributed by atoms with van der Waals surface area (Å²) >= 11 is 0. The molecule has 0 spiro atoms. The van der Waals surface area contributed by atoms with E-state index in [1.54, 1.807) is 6.92 Å². The molecule has 3 heterocycles. The number of anilines is 1. The zero-order valence-electron chi connectivity index (χ0n) is 24.2. The molecule has 10 N–H and O–H groups in total. The van der Waals surface area contributed by atoms with Crippen LogP contribution in [0.4, 0.5) is 5.82 Å². The Morgan fingerprint density at radius 1 is 1.31 bits per heavy atom. The number of rotatable bonds is 14. The standard InChI is InChI=1S/C24H39N4O16P/c1-3-4-10(2)20(35)27-15-11(30)7-24(22(36)37,43-19(15)16(32)12(31)8-29)44-45(39,40)41-9-13-17(33)18(34)21(42-13)28-6-5-14(25)26-23(28)38/h5-6,10-13,15-19,21,29-34H,3-4,7-9H2,1-2H3,(H,27,35)(H,36,37)(H,39,40)(H2,25,26,38)/p-1. The van der Waals surface area contributed by atoms with Gasteiger partial charge in [-0.1, -0.05) is 20.3 Å². The highest BCUT2D eigenvalue weighted by molar-refractivity contribution is 7.45. The van der Waals surface area contributed by atoms with Crippen LogP contribution in [0.25, 0.3) is 0 Å². The maximum Gasteiger partial charge on any atom is 0.364 e. The first-order valence-corrected chi connectivity index (χ1v) is 15.3. The summed E-state index contributed by atoms with van der Waals surface area (Å²) in [5.74, 6) is -6.77. The zero-order valence-corrected chi connectivity index (χ0v) is 25.1. The van der Waals surface area contributed by atoms with Crippen molar-refractivity contribution in [3.8, 4) is 0 Å². The molecule has 1 amide bonds. The van der Waals surface area contributed by atoms with Crippen molar-refractivity contribution in [3.63, 3.8) is 0 Å². The maximum atomic E-state index is 12.8. The number of ether oxygens (including phenoxy) is 2. The van der Waals surface area contributed by atoms with Crippen molar-refractivity contribution in [1.82, 2.24) is 14.9 Å². The van der Waals surface area contributed by atoms with Gasteiger partial charge in [0.1, 0.15) is 42.4 Å². The van der Waals surface area contributed by atoms with Crippen molar-refractivity contribution in [1.29, 1.82) is 0 Å². The molecule has 0 radical (unpaired) electrons. The highest BCUT2D eigenvalue weighted by atomic mass is 31.2. The Bertz CT molecular complexity index is 1300. The van der Waals surface area contributed by atoms with E-state index in [2.05, 4.69) is 10.3 Å². The van der Waals surface area contributed by atoms with Gasteiger partial charge in [0.2, 0.25) is 5.91 Å². The lowest BCUT2D eigenvalue weighted by Crippen LogP contribution is -2.68. The molecule has 1 aromatic heterocycles. The van der Waals surface area contributed by atoms with E-state index in [-0.39, 0.29) is 5.82 Å². The number of nitrogens with zero attached hydrogens (tertiary/aromatic N) is 2. The lowest BCUT2D eigenvalue weighted by atomic mass is 9.88. The lowest BCUT2D eigenvalue weighted by molar-refractivity contribution is -0.313. The summed E-state index contributed by atoms with van der Waals surface area (Å²) < 4.78 is 33.8. The molecular weight excluding hydrogens is 631 g/mol. The molecule has 3 rings (SSSR count). The molecule has 2 aliphatic heterocycles. The second kappa shape index (κ2) is 14.9. The van der Waals surface area contributed by atoms with E-state index in [0.29, 0.717) is 12.8 Å². The average Bonchev–Trinajstić information content (AvgIpc) is 3.24. The molecule has 2 fully saturated rings. The number of aromatic nitrogens is 2. The lowest BCUT2D eigenvalue weighted by Gasteiger charge is -2.47. The van der Waals surface area contributed by atoms with Crippen molar-refractivity contribution < 1.29 is 73.3 Å². The number of nitrogen functional groups attached to an aromatic ring is 1. The van der Waals surface area contributed by atoms with Crippen LogP contribution in [0.2, 0.25) is 0 Å². The molecule has 45 heavy (non-hydrogen) atoms. The summed E-state index contributed by atoms with van der Waals surface area (Å²) in [4.78, 5) is 53.4. The van der Waals surface area contributed by atoms with E-state index in [1.807, 2.05) is 6.92 Å². The molecule has 0 saturated carbocycles. The van der Waals surface area contributed by atoms with Crippen molar-refractivity contribution in [2.75, 3.05) is 18.9 Å². The molecule has 0 aromatic carbocycles. The van der Waals surface area contributed by atoms with Crippen molar-refractivity contribution >= 4 is 25.5 Å². The number of carboxylic acid groups (broad SMARTS) is 1. The highest BCUT2D eigenvalue weighted by Crippen LogP contribution is 2.48. The first-order valence-electron chi connectivity index (χ1n) is 13.9. The molecular formula is C24H38N4O16P-. The van der Waals surface area contributed by atoms with E-state index >= 15 is 0 Å². The van der Waals surface area contributed by atoms with Crippen LogP contribution in [-0.4, -0.2) is 125 Å². The fourth-order valence-electron chi connectivity index (χ4n) is 4.94. The smallest absolute Gasteiger partial charge is 0.364 e. The minimum Gasteiger partial charge on any atom is -0.756 e. The number of carboxylic acids is 1. The van der Waals surface area contributed by atoms with E-state index in [9.17, 15) is 59.6 Å². The summed E-state index contributed by atoms with van der Waals surface area (Å²) in [5.41, 5.74) is 4.47. The third-order valence-electron chi connectivity index (χ3n) is 7.41. The zero-order chi connectivity index (χ0) is 33.9. The molecule has 2 saturated heterocycles. The van der Waals surface area contributed by atoms with Crippen LogP contribution in [-0.2, 0) is 32.7 Å². The van der Waals surface area contributed by atoms with Gasteiger partial charge in [-0.3, -0.25) is 18.5 Å². The molecule has 0 bridgehead atoms. The normalized spacial score (nSPS) is 33.6. The Kier molecular flexibility index (Phi) is 12.2. The molecule has 21 heteroatoms. The highest BCUT2D eigenvalue weighted by Gasteiger charge is 2.57. The number of hydrogen-bond acceptors (Lipinski definition) is 17. The van der Waals surface area contributed by atoms with Gasteiger partial charge < -0.3 is 65.7 Å². The van der Waals surface area contributed by atoms with Crippen molar-refractivity contribution in [2.45, 2.75) is 93.9 Å². The summed E-state index contributed by atoms with van der Waals surface area (Å²) in [6, 6.07) is -0.397. The van der Waals surface area contributed by atoms with Crippen LogP contribution in [0.3, 0.4) is 0 Å². The van der Waals surface area contributed by atoms with Crippen LogP contribution in [0.15, 0.2) is 17.1 Å². The van der Waals surface area contributed by atoms with Gasteiger partial charge in [0, 0.05) is 18.5 Å². The number of carbonyl (C=O) groups excluding carboxylic acids is 1. The molecule has 20 nitrogen and oxygen atoms in total. The van der Waals surface area contributed by atoms with Gasteiger partial charge in [0.25, 0.3) is 13.6 Å². The number of nitrogens with one attached hydrogen (secondary N) is 1. The van der Waals surface area contributed by atoms with E-state index in [4.69, 9.17) is 24.3 Å². The summed E-state index contributed by atoms with van der Waals surface area (Å²) in [5, 5.41) is 74.0. The third kappa shape index (κ3) is 8.42. The Morgan fingerprint density at radius 2 is 1.98 bits per heavy atom. The Hall–Kier alpha value is -2.59. The predicted molar refractivity (Wildman–Crippen MR) is 144 cm³/mol. The summed E-state index contributed by atoms with van der Waals surface area (Å²) in [6.45, 7) is 1.24. The van der Waals surface area contributed by atoms with E-state index in [0.717, 1.165) is 10.8 Å². The minimum absolute atomic E-state index is 0.142. The SMILES string of the molecule is CCCC(C)C(=O)NC1C(O)CC(OP(=O)([O-])OCC2OC(n3ccc(N)nc3=O)C(O)C2O)(C(=O)O)OC1C(O)C(O)CO. The second-order valence-electron chi connectivity index (χ2n) is 10.8. The molecule has 0 aliphatic carbocycles. The number of hydrogen-bond donors (Lipinski definition) is 9. The Morgan fingerprint density at radius 3 is 2.56 bits per heavy atom. The first kappa shape index (κ1) is 36.9. The van der Waals surface area contributed by atoms with Gasteiger partial charge in [-0.25, -0.2) is 9.59 Å². The quantitative estimate of drug-likeness (QED) is 0.0843. The van der Waals surface area contributed by atoms with Gasteiger partial charge in [0.05, 0.1) is 25.4 Å². The van der Waals surface area contributed by atoms with Crippen LogP contribution in [0.1, 0.15) is 39.3 Å². The molecule has 2 aliphatic rings. The topological polar surface area (TPSA) is 326 Å². The number of carbonyl (C=O) groups is 2. The predicted octanol–water partition coefficient (Wildman–Crippen LogP) is -4.49. The number of amides is 1. The fraction of sp³-hybridized carbons (Fsp3) is 0.750. The van der Waals surface area contributed by atoms with E-state index < -0.39 is 112 Å². The largest absolute Gasteiger partial charge is 0.756 e. The van der Waals surface area contributed by atoms with Crippen molar-refractivity contribution in [2.24, 2.45) is 5.92 Å². The number of phosphoric acid groups is 1. The number of aliphatic carboxylic acids is 1. The first-order chi connectivity index (χ1) is 21.0. The van der Waals surface area contributed by atoms with Gasteiger partial charge in [-0.2, -0.15) is 4.98 Å². The van der Waals surface area contributed by atoms with Crippen LogP contribution >= 0.6 is 7.82 Å². The van der Waals surface area contributed by atoms with Gasteiger partial charge in [-0.15, -0.1) is 0 Å². The van der Waals surface area contributed by atoms with Gasteiger partial charge >= 0.3 is 11.7 Å². The monoisotopic (exact) mass is 669 g/mol. The maximum absolute atomic E-state index is 12.8. The minimum atomic E-state index is -5.79. The molecule has 12 unspecified atom stereocenters. The molecule has 12 atom stereocenters.